The summed E-state index contributed by atoms with van der Waals surface area (Å²) in [4.78, 5) is 16.3. The molecule has 5 heteroatoms. The SMILES string of the molecule is CC[NH+](CC)CC.COc1ccc2cc(C(=O)[O-])cnc2c1. The summed E-state index contributed by atoms with van der Waals surface area (Å²) < 4.78 is 5.03. The number of hydrogen-bond acceptors (Lipinski definition) is 4. The van der Waals surface area contributed by atoms with Gasteiger partial charge in [-0.15, -0.1) is 0 Å². The zero-order valence-electron chi connectivity index (χ0n) is 13.7. The summed E-state index contributed by atoms with van der Waals surface area (Å²) in [5, 5.41) is 11.3. The first-order valence-electron chi connectivity index (χ1n) is 7.54. The van der Waals surface area contributed by atoms with Gasteiger partial charge in [0.05, 0.1) is 38.2 Å². The Morgan fingerprint density at radius 3 is 2.27 bits per heavy atom. The number of carbonyl (C=O) groups excluding carboxylic acids is 1. The van der Waals surface area contributed by atoms with Crippen LogP contribution in [0, 0.1) is 0 Å². The Labute approximate surface area is 131 Å². The molecule has 5 nitrogen and oxygen atoms in total. The summed E-state index contributed by atoms with van der Waals surface area (Å²) in [7, 11) is 1.57. The van der Waals surface area contributed by atoms with Crippen molar-refractivity contribution < 1.29 is 19.5 Å². The van der Waals surface area contributed by atoms with Crippen LogP contribution in [0.4, 0.5) is 0 Å². The highest BCUT2D eigenvalue weighted by Crippen LogP contribution is 2.19. The first kappa shape index (κ1) is 17.9. The molecule has 2 rings (SSSR count). The van der Waals surface area contributed by atoms with Crippen molar-refractivity contribution in [3.05, 3.63) is 36.0 Å². The lowest BCUT2D eigenvalue weighted by atomic mass is 10.1. The Bertz CT molecular complexity index is 604. The molecule has 22 heavy (non-hydrogen) atoms. The minimum absolute atomic E-state index is 0.0765. The van der Waals surface area contributed by atoms with Crippen LogP contribution in [-0.2, 0) is 0 Å². The number of fused-ring (bicyclic) bond motifs is 1. The van der Waals surface area contributed by atoms with Gasteiger partial charge in [0, 0.05) is 23.2 Å². The van der Waals surface area contributed by atoms with Gasteiger partial charge in [-0.25, -0.2) is 0 Å². The van der Waals surface area contributed by atoms with Crippen LogP contribution in [0.15, 0.2) is 30.5 Å². The maximum atomic E-state index is 10.6. The number of rotatable bonds is 5. The van der Waals surface area contributed by atoms with Crippen molar-refractivity contribution in [1.82, 2.24) is 4.98 Å². The summed E-state index contributed by atoms with van der Waals surface area (Å²) in [6, 6.07) is 6.78. The molecule has 0 radical (unpaired) electrons. The van der Waals surface area contributed by atoms with Gasteiger partial charge < -0.3 is 19.5 Å². The third-order valence-electron chi connectivity index (χ3n) is 3.63. The Hall–Kier alpha value is -2.14. The van der Waals surface area contributed by atoms with E-state index in [0.29, 0.717) is 11.3 Å². The fourth-order valence-corrected chi connectivity index (χ4v) is 2.09. The molecule has 0 aliphatic heterocycles. The van der Waals surface area contributed by atoms with Crippen LogP contribution in [0.3, 0.4) is 0 Å². The molecular weight excluding hydrogens is 280 g/mol. The first-order chi connectivity index (χ1) is 10.5. The highest BCUT2D eigenvalue weighted by Gasteiger charge is 2.00. The fourth-order valence-electron chi connectivity index (χ4n) is 2.09. The summed E-state index contributed by atoms with van der Waals surface area (Å²) in [6.07, 6.45) is 1.27. The Morgan fingerprint density at radius 2 is 1.82 bits per heavy atom. The quantitative estimate of drug-likeness (QED) is 0.875. The molecular formula is C17H24N2O3. The van der Waals surface area contributed by atoms with Gasteiger partial charge >= 0.3 is 0 Å². The monoisotopic (exact) mass is 304 g/mol. The normalized spacial score (nSPS) is 10.2. The number of carbonyl (C=O) groups is 1. The number of aromatic nitrogens is 1. The van der Waals surface area contributed by atoms with Gasteiger partial charge in [-0.05, 0) is 39.0 Å². The predicted octanol–water partition coefficient (Wildman–Crippen LogP) is 0.538. The number of methoxy groups -OCH3 is 1. The van der Waals surface area contributed by atoms with Crippen molar-refractivity contribution in [1.29, 1.82) is 0 Å². The van der Waals surface area contributed by atoms with Gasteiger partial charge in [0.2, 0.25) is 0 Å². The number of nitrogens with zero attached hydrogens (tertiary/aromatic N) is 1. The highest BCUT2D eigenvalue weighted by atomic mass is 16.5. The minimum atomic E-state index is -1.22. The summed E-state index contributed by atoms with van der Waals surface area (Å²) in [6.45, 7) is 10.5. The zero-order chi connectivity index (χ0) is 16.5. The van der Waals surface area contributed by atoms with E-state index in [2.05, 4.69) is 25.8 Å². The van der Waals surface area contributed by atoms with Crippen molar-refractivity contribution in [2.24, 2.45) is 0 Å². The number of ether oxygens (including phenoxy) is 1. The van der Waals surface area contributed by atoms with E-state index in [1.807, 2.05) is 0 Å². The van der Waals surface area contributed by atoms with Gasteiger partial charge in [0.1, 0.15) is 5.75 Å². The second kappa shape index (κ2) is 9.00. The van der Waals surface area contributed by atoms with Gasteiger partial charge in [-0.3, -0.25) is 4.98 Å². The molecule has 2 aromatic rings. The second-order valence-corrected chi connectivity index (χ2v) is 4.88. The van der Waals surface area contributed by atoms with E-state index in [1.54, 1.807) is 30.2 Å². The number of benzene rings is 1. The molecule has 1 heterocycles. The Balaban J connectivity index is 0.000000295. The van der Waals surface area contributed by atoms with Crippen LogP contribution in [0.25, 0.3) is 10.9 Å². The number of quaternary nitrogens is 1. The molecule has 0 unspecified atom stereocenters. The van der Waals surface area contributed by atoms with E-state index < -0.39 is 5.97 Å². The molecule has 0 aliphatic rings. The zero-order valence-corrected chi connectivity index (χ0v) is 13.7. The maximum Gasteiger partial charge on any atom is 0.121 e. The summed E-state index contributed by atoms with van der Waals surface area (Å²) in [5.41, 5.74) is 0.770. The standard InChI is InChI=1S/C11H9NO3.C6H15N/c1-15-9-3-2-7-4-8(11(13)14)6-12-10(7)5-9;1-4-7(5-2)6-3/h2-6H,1H3,(H,13,14);4-6H2,1-3H3. The number of pyridine rings is 1. The topological polar surface area (TPSA) is 66.7 Å². The molecule has 0 saturated carbocycles. The molecule has 120 valence electrons. The molecule has 0 amide bonds. The lowest BCUT2D eigenvalue weighted by Crippen LogP contribution is -3.11. The van der Waals surface area contributed by atoms with Crippen molar-refractivity contribution >= 4 is 16.9 Å². The molecule has 0 spiro atoms. The Morgan fingerprint density at radius 1 is 1.18 bits per heavy atom. The smallest absolute Gasteiger partial charge is 0.121 e. The average molecular weight is 304 g/mol. The molecule has 1 N–H and O–H groups in total. The molecule has 0 bridgehead atoms. The van der Waals surface area contributed by atoms with E-state index >= 15 is 0 Å². The molecule has 1 aromatic carbocycles. The maximum absolute atomic E-state index is 10.6. The van der Waals surface area contributed by atoms with Gasteiger partial charge in [0.25, 0.3) is 0 Å². The van der Waals surface area contributed by atoms with Crippen molar-refractivity contribution in [2.45, 2.75) is 20.8 Å². The van der Waals surface area contributed by atoms with Crippen molar-refractivity contribution in [3.63, 3.8) is 0 Å². The number of carboxylic acids is 1. The average Bonchev–Trinajstić information content (AvgIpc) is 2.56. The van der Waals surface area contributed by atoms with Crippen LogP contribution < -0.4 is 14.7 Å². The van der Waals surface area contributed by atoms with E-state index in [9.17, 15) is 9.90 Å². The van der Waals surface area contributed by atoms with Gasteiger partial charge in [0.15, 0.2) is 0 Å². The number of hydrogen-bond donors (Lipinski definition) is 1. The minimum Gasteiger partial charge on any atom is -0.545 e. The second-order valence-electron chi connectivity index (χ2n) is 4.88. The fraction of sp³-hybridized carbons (Fsp3) is 0.412. The van der Waals surface area contributed by atoms with Crippen LogP contribution >= 0.6 is 0 Å². The van der Waals surface area contributed by atoms with Gasteiger partial charge in [-0.2, -0.15) is 0 Å². The summed E-state index contributed by atoms with van der Waals surface area (Å²) >= 11 is 0. The van der Waals surface area contributed by atoms with E-state index in [-0.39, 0.29) is 5.56 Å². The van der Waals surface area contributed by atoms with Crippen LogP contribution in [-0.4, -0.2) is 37.7 Å². The molecule has 1 aromatic heterocycles. The number of carboxylic acid groups (broad SMARTS) is 1. The Kier molecular flexibility index (Phi) is 7.32. The number of nitrogens with one attached hydrogen (secondary N) is 1. The van der Waals surface area contributed by atoms with Crippen LogP contribution in [0.2, 0.25) is 0 Å². The predicted molar refractivity (Wildman–Crippen MR) is 85.2 cm³/mol. The van der Waals surface area contributed by atoms with E-state index in [4.69, 9.17) is 4.74 Å². The van der Waals surface area contributed by atoms with Crippen molar-refractivity contribution in [3.8, 4) is 5.75 Å². The first-order valence-corrected chi connectivity index (χ1v) is 7.54. The number of aromatic carboxylic acids is 1. The van der Waals surface area contributed by atoms with Crippen LogP contribution in [0.1, 0.15) is 31.1 Å². The highest BCUT2D eigenvalue weighted by molar-refractivity contribution is 5.91. The van der Waals surface area contributed by atoms with Crippen LogP contribution in [0.5, 0.6) is 5.75 Å². The van der Waals surface area contributed by atoms with E-state index in [0.717, 1.165) is 5.39 Å². The lowest BCUT2D eigenvalue weighted by molar-refractivity contribution is -0.894. The van der Waals surface area contributed by atoms with Crippen molar-refractivity contribution in [2.75, 3.05) is 26.7 Å². The lowest BCUT2D eigenvalue weighted by Gasteiger charge is -2.10. The van der Waals surface area contributed by atoms with Gasteiger partial charge in [-0.1, -0.05) is 0 Å². The molecule has 0 fully saturated rings. The molecule has 0 atom stereocenters. The third kappa shape index (κ3) is 5.00. The molecule has 0 saturated heterocycles. The van der Waals surface area contributed by atoms with E-state index in [1.165, 1.54) is 31.9 Å². The third-order valence-corrected chi connectivity index (χ3v) is 3.63. The summed E-state index contributed by atoms with van der Waals surface area (Å²) in [5.74, 6) is -0.531. The largest absolute Gasteiger partial charge is 0.545 e. The molecule has 0 aliphatic carbocycles.